The van der Waals surface area contributed by atoms with Crippen molar-refractivity contribution in [3.63, 3.8) is 0 Å². The standard InChI is InChI=1S/C20H20N4O3/c1-14-11-16(13-21-22-17-7-5-4-6-8-17)15(2)23(14)19-10-9-18(24(25)26)12-20(19)27-3/h4-13,22H,1-3H3/b21-13-. The number of nitrogens with zero attached hydrogens (tertiary/aromatic N) is 3. The molecule has 0 spiro atoms. The SMILES string of the molecule is COc1cc([N+](=O)[O-])ccc1-n1c(C)cc(/C=N\Nc2ccccc2)c1C. The maximum atomic E-state index is 11.0. The van der Waals surface area contributed by atoms with E-state index in [1.54, 1.807) is 12.3 Å². The fraction of sp³-hybridized carbons (Fsp3) is 0.150. The van der Waals surface area contributed by atoms with Gasteiger partial charge in [0, 0.05) is 23.0 Å². The number of methoxy groups -OCH3 is 1. The molecule has 1 heterocycles. The molecule has 7 nitrogen and oxygen atoms in total. The first-order valence-electron chi connectivity index (χ1n) is 8.37. The van der Waals surface area contributed by atoms with Crippen molar-refractivity contribution >= 4 is 17.6 Å². The Hall–Kier alpha value is -3.61. The first kappa shape index (κ1) is 18.2. The molecule has 1 aromatic heterocycles. The number of para-hydroxylation sites is 1. The van der Waals surface area contributed by atoms with Gasteiger partial charge in [-0.1, -0.05) is 18.2 Å². The smallest absolute Gasteiger partial charge is 0.273 e. The highest BCUT2D eigenvalue weighted by Crippen LogP contribution is 2.31. The van der Waals surface area contributed by atoms with Gasteiger partial charge in [-0.3, -0.25) is 15.5 Å². The molecule has 1 N–H and O–H groups in total. The van der Waals surface area contributed by atoms with Crippen LogP contribution in [0.25, 0.3) is 5.69 Å². The van der Waals surface area contributed by atoms with Crippen LogP contribution in [0.5, 0.6) is 5.75 Å². The summed E-state index contributed by atoms with van der Waals surface area (Å²) >= 11 is 0. The summed E-state index contributed by atoms with van der Waals surface area (Å²) in [6, 6.07) is 16.3. The number of non-ortho nitro benzene ring substituents is 1. The third-order valence-electron chi connectivity index (χ3n) is 4.26. The molecular weight excluding hydrogens is 344 g/mol. The van der Waals surface area contributed by atoms with Crippen LogP contribution in [0.4, 0.5) is 11.4 Å². The molecule has 0 saturated carbocycles. The molecule has 3 aromatic rings. The zero-order chi connectivity index (χ0) is 19.4. The fourth-order valence-electron chi connectivity index (χ4n) is 2.94. The van der Waals surface area contributed by atoms with Crippen LogP contribution < -0.4 is 10.2 Å². The lowest BCUT2D eigenvalue weighted by atomic mass is 10.2. The van der Waals surface area contributed by atoms with E-state index in [0.29, 0.717) is 5.75 Å². The number of nitro groups is 1. The van der Waals surface area contributed by atoms with Gasteiger partial charge in [0.05, 0.1) is 35.7 Å². The van der Waals surface area contributed by atoms with Gasteiger partial charge in [-0.2, -0.15) is 5.10 Å². The maximum absolute atomic E-state index is 11.0. The molecular formula is C20H20N4O3. The number of aromatic nitrogens is 1. The van der Waals surface area contributed by atoms with Gasteiger partial charge in [-0.05, 0) is 38.1 Å². The minimum Gasteiger partial charge on any atom is -0.494 e. The molecule has 0 saturated heterocycles. The van der Waals surface area contributed by atoms with E-state index in [9.17, 15) is 10.1 Å². The van der Waals surface area contributed by atoms with E-state index in [1.165, 1.54) is 19.2 Å². The Bertz CT molecular complexity index is 994. The molecule has 27 heavy (non-hydrogen) atoms. The van der Waals surface area contributed by atoms with Gasteiger partial charge in [-0.15, -0.1) is 0 Å². The van der Waals surface area contributed by atoms with Crippen LogP contribution in [0.15, 0.2) is 59.7 Å². The molecule has 0 aliphatic heterocycles. The molecule has 0 atom stereocenters. The maximum Gasteiger partial charge on any atom is 0.273 e. The fourth-order valence-corrected chi connectivity index (χ4v) is 2.94. The average molecular weight is 364 g/mol. The number of hydrazone groups is 1. The van der Waals surface area contributed by atoms with E-state index in [1.807, 2.05) is 54.8 Å². The predicted molar refractivity (Wildman–Crippen MR) is 106 cm³/mol. The van der Waals surface area contributed by atoms with Crippen molar-refractivity contribution in [2.45, 2.75) is 13.8 Å². The minimum atomic E-state index is -0.436. The Morgan fingerprint density at radius 1 is 1.15 bits per heavy atom. The molecule has 0 radical (unpaired) electrons. The summed E-state index contributed by atoms with van der Waals surface area (Å²) in [5, 5.41) is 15.3. The van der Waals surface area contributed by atoms with Crippen LogP contribution in [0, 0.1) is 24.0 Å². The third kappa shape index (κ3) is 3.82. The molecule has 0 aliphatic rings. The second kappa shape index (κ2) is 7.74. The van der Waals surface area contributed by atoms with Crippen molar-refractivity contribution in [3.05, 3.63) is 81.7 Å². The Morgan fingerprint density at radius 2 is 1.89 bits per heavy atom. The van der Waals surface area contributed by atoms with Crippen LogP contribution in [-0.2, 0) is 0 Å². The molecule has 0 aliphatic carbocycles. The van der Waals surface area contributed by atoms with Gasteiger partial charge >= 0.3 is 0 Å². The van der Waals surface area contributed by atoms with E-state index >= 15 is 0 Å². The molecule has 138 valence electrons. The van der Waals surface area contributed by atoms with E-state index in [2.05, 4.69) is 10.5 Å². The Kier molecular flexibility index (Phi) is 5.21. The van der Waals surface area contributed by atoms with Gasteiger partial charge in [0.1, 0.15) is 5.75 Å². The van der Waals surface area contributed by atoms with Crippen LogP contribution in [0.1, 0.15) is 17.0 Å². The lowest BCUT2D eigenvalue weighted by molar-refractivity contribution is -0.384. The summed E-state index contributed by atoms with van der Waals surface area (Å²) in [5.74, 6) is 0.442. The quantitative estimate of drug-likeness (QED) is 0.398. The van der Waals surface area contributed by atoms with Crippen molar-refractivity contribution in [1.29, 1.82) is 0 Å². The largest absolute Gasteiger partial charge is 0.494 e. The van der Waals surface area contributed by atoms with Gasteiger partial charge in [-0.25, -0.2) is 0 Å². The number of benzene rings is 2. The van der Waals surface area contributed by atoms with Crippen molar-refractivity contribution in [1.82, 2.24) is 4.57 Å². The van der Waals surface area contributed by atoms with E-state index in [4.69, 9.17) is 4.74 Å². The summed E-state index contributed by atoms with van der Waals surface area (Å²) in [4.78, 5) is 10.6. The molecule has 3 rings (SSSR count). The van der Waals surface area contributed by atoms with Gasteiger partial charge < -0.3 is 9.30 Å². The topological polar surface area (TPSA) is 81.7 Å². The number of ether oxygens (including phenoxy) is 1. The first-order chi connectivity index (χ1) is 13.0. The highest BCUT2D eigenvalue weighted by Gasteiger charge is 2.16. The molecule has 0 bridgehead atoms. The lowest BCUT2D eigenvalue weighted by Gasteiger charge is -2.13. The van der Waals surface area contributed by atoms with Crippen LogP contribution in [-0.4, -0.2) is 22.8 Å². The number of hydrogen-bond acceptors (Lipinski definition) is 5. The molecule has 7 heteroatoms. The van der Waals surface area contributed by atoms with Gasteiger partial charge in [0.15, 0.2) is 0 Å². The van der Waals surface area contributed by atoms with Crippen LogP contribution in [0.3, 0.4) is 0 Å². The Labute approximate surface area is 157 Å². The zero-order valence-electron chi connectivity index (χ0n) is 15.3. The number of nitrogens with one attached hydrogen (secondary N) is 1. The normalized spacial score (nSPS) is 10.9. The van der Waals surface area contributed by atoms with Crippen LogP contribution in [0.2, 0.25) is 0 Å². The summed E-state index contributed by atoms with van der Waals surface area (Å²) in [6.07, 6.45) is 1.75. The summed E-state index contributed by atoms with van der Waals surface area (Å²) in [5.41, 5.74) is 7.50. The Balaban J connectivity index is 1.93. The van der Waals surface area contributed by atoms with Crippen LogP contribution >= 0.6 is 0 Å². The summed E-state index contributed by atoms with van der Waals surface area (Å²) in [7, 11) is 1.50. The third-order valence-corrected chi connectivity index (χ3v) is 4.26. The molecule has 0 amide bonds. The average Bonchev–Trinajstić information content (AvgIpc) is 2.95. The van der Waals surface area contributed by atoms with Crippen molar-refractivity contribution in [3.8, 4) is 11.4 Å². The van der Waals surface area contributed by atoms with E-state index < -0.39 is 4.92 Å². The highest BCUT2D eigenvalue weighted by atomic mass is 16.6. The Morgan fingerprint density at radius 3 is 2.56 bits per heavy atom. The minimum absolute atomic E-state index is 0.00749. The number of anilines is 1. The number of aryl methyl sites for hydroxylation is 1. The highest BCUT2D eigenvalue weighted by molar-refractivity contribution is 5.83. The van der Waals surface area contributed by atoms with Gasteiger partial charge in [0.25, 0.3) is 5.69 Å². The number of rotatable bonds is 6. The summed E-state index contributed by atoms with van der Waals surface area (Å²) < 4.78 is 7.37. The second-order valence-electron chi connectivity index (χ2n) is 6.01. The first-order valence-corrected chi connectivity index (χ1v) is 8.37. The zero-order valence-corrected chi connectivity index (χ0v) is 15.3. The molecule has 0 fully saturated rings. The molecule has 0 unspecified atom stereocenters. The van der Waals surface area contributed by atoms with Gasteiger partial charge in [0.2, 0.25) is 0 Å². The van der Waals surface area contributed by atoms with Crippen molar-refractivity contribution in [2.75, 3.05) is 12.5 Å². The summed E-state index contributed by atoms with van der Waals surface area (Å²) in [6.45, 7) is 3.94. The monoisotopic (exact) mass is 364 g/mol. The number of nitro benzene ring substituents is 1. The van der Waals surface area contributed by atoms with Crippen molar-refractivity contribution < 1.29 is 9.66 Å². The lowest BCUT2D eigenvalue weighted by Crippen LogP contribution is -2.03. The van der Waals surface area contributed by atoms with Crippen molar-refractivity contribution in [2.24, 2.45) is 5.10 Å². The van der Waals surface area contributed by atoms with E-state index in [0.717, 1.165) is 28.3 Å². The van der Waals surface area contributed by atoms with E-state index in [-0.39, 0.29) is 5.69 Å². The molecule has 2 aromatic carbocycles. The number of hydrogen-bond donors (Lipinski definition) is 1. The second-order valence-corrected chi connectivity index (χ2v) is 6.01. The predicted octanol–water partition coefficient (Wildman–Crippen LogP) is 4.46.